The SMILES string of the molecule is N#Cc1cccnc1N1CCC(CNS(=O)(=O)c2ccccc2F)CC1. The molecule has 0 amide bonds. The van der Waals surface area contributed by atoms with Crippen LogP contribution in [0.3, 0.4) is 0 Å². The lowest BCUT2D eigenvalue weighted by Gasteiger charge is -2.33. The Morgan fingerprint density at radius 3 is 2.65 bits per heavy atom. The third-order valence-electron chi connectivity index (χ3n) is 4.51. The molecule has 2 heterocycles. The van der Waals surface area contributed by atoms with Crippen molar-refractivity contribution in [3.8, 4) is 6.07 Å². The van der Waals surface area contributed by atoms with E-state index in [1.807, 2.05) is 4.90 Å². The van der Waals surface area contributed by atoms with E-state index < -0.39 is 15.8 Å². The molecule has 3 rings (SSSR count). The van der Waals surface area contributed by atoms with Crippen molar-refractivity contribution in [2.24, 2.45) is 5.92 Å². The number of rotatable bonds is 5. The second-order valence-electron chi connectivity index (χ2n) is 6.20. The highest BCUT2D eigenvalue weighted by Crippen LogP contribution is 2.24. The van der Waals surface area contributed by atoms with E-state index in [0.717, 1.165) is 18.9 Å². The number of hydrogen-bond donors (Lipinski definition) is 1. The first kappa shape index (κ1) is 18.3. The summed E-state index contributed by atoms with van der Waals surface area (Å²) in [5, 5.41) is 9.18. The van der Waals surface area contributed by atoms with Gasteiger partial charge in [-0.3, -0.25) is 0 Å². The normalized spacial score (nSPS) is 15.6. The third-order valence-corrected chi connectivity index (χ3v) is 5.97. The molecule has 136 valence electrons. The smallest absolute Gasteiger partial charge is 0.243 e. The number of sulfonamides is 1. The van der Waals surface area contributed by atoms with Crippen molar-refractivity contribution >= 4 is 15.8 Å². The maximum atomic E-state index is 13.7. The van der Waals surface area contributed by atoms with Crippen molar-refractivity contribution in [2.45, 2.75) is 17.7 Å². The Hall–Kier alpha value is -2.50. The maximum absolute atomic E-state index is 13.7. The van der Waals surface area contributed by atoms with E-state index in [2.05, 4.69) is 15.8 Å². The number of nitrogens with zero attached hydrogens (tertiary/aromatic N) is 3. The standard InChI is InChI=1S/C18H19FN4O2S/c19-16-5-1-2-6-17(16)26(24,25)22-13-14-7-10-23(11-8-14)18-15(12-20)4-3-9-21-18/h1-6,9,14,22H,7-8,10-11,13H2. The number of piperidine rings is 1. The van der Waals surface area contributed by atoms with Gasteiger partial charge in [0, 0.05) is 25.8 Å². The molecule has 1 fully saturated rings. The molecule has 1 saturated heterocycles. The highest BCUT2D eigenvalue weighted by atomic mass is 32.2. The Bertz CT molecular complexity index is 919. The van der Waals surface area contributed by atoms with Crippen molar-refractivity contribution < 1.29 is 12.8 Å². The average molecular weight is 374 g/mol. The Kier molecular flexibility index (Phi) is 5.49. The third kappa shape index (κ3) is 4.00. The van der Waals surface area contributed by atoms with E-state index in [1.165, 1.54) is 18.2 Å². The minimum Gasteiger partial charge on any atom is -0.356 e. The summed E-state index contributed by atoms with van der Waals surface area (Å²) in [5.74, 6) is 0.0661. The summed E-state index contributed by atoms with van der Waals surface area (Å²) in [4.78, 5) is 6.00. The molecule has 0 saturated carbocycles. The van der Waals surface area contributed by atoms with Gasteiger partial charge in [0.15, 0.2) is 0 Å². The maximum Gasteiger partial charge on any atom is 0.243 e. The molecule has 0 bridgehead atoms. The molecule has 6 nitrogen and oxygen atoms in total. The summed E-state index contributed by atoms with van der Waals surface area (Å²) in [7, 11) is -3.86. The van der Waals surface area contributed by atoms with Crippen LogP contribution in [0.25, 0.3) is 0 Å². The van der Waals surface area contributed by atoms with Gasteiger partial charge < -0.3 is 4.90 Å². The molecular formula is C18H19FN4O2S. The van der Waals surface area contributed by atoms with Gasteiger partial charge in [0.05, 0.1) is 5.56 Å². The van der Waals surface area contributed by atoms with Crippen LogP contribution in [0.2, 0.25) is 0 Å². The van der Waals surface area contributed by atoms with Crippen molar-refractivity contribution in [3.05, 3.63) is 54.0 Å². The highest BCUT2D eigenvalue weighted by molar-refractivity contribution is 7.89. The summed E-state index contributed by atoms with van der Waals surface area (Å²) in [6.45, 7) is 1.65. The second-order valence-corrected chi connectivity index (χ2v) is 7.93. The Morgan fingerprint density at radius 2 is 1.96 bits per heavy atom. The number of nitrogens with one attached hydrogen (secondary N) is 1. The molecule has 1 aromatic heterocycles. The van der Waals surface area contributed by atoms with E-state index in [1.54, 1.807) is 18.3 Å². The molecule has 0 atom stereocenters. The molecule has 0 spiro atoms. The van der Waals surface area contributed by atoms with Crippen LogP contribution in [0.1, 0.15) is 18.4 Å². The fourth-order valence-electron chi connectivity index (χ4n) is 3.05. The predicted octanol–water partition coefficient (Wildman–Crippen LogP) is 2.29. The summed E-state index contributed by atoms with van der Waals surface area (Å²) < 4.78 is 40.7. The van der Waals surface area contributed by atoms with Crippen LogP contribution < -0.4 is 9.62 Å². The van der Waals surface area contributed by atoms with Crippen molar-refractivity contribution in [1.82, 2.24) is 9.71 Å². The Labute approximate surface area is 152 Å². The van der Waals surface area contributed by atoms with E-state index in [0.29, 0.717) is 24.5 Å². The van der Waals surface area contributed by atoms with Crippen LogP contribution in [0.4, 0.5) is 10.2 Å². The van der Waals surface area contributed by atoms with Crippen molar-refractivity contribution in [3.63, 3.8) is 0 Å². The topological polar surface area (TPSA) is 86.1 Å². The van der Waals surface area contributed by atoms with Gasteiger partial charge in [0.25, 0.3) is 0 Å². The van der Waals surface area contributed by atoms with Crippen LogP contribution in [-0.4, -0.2) is 33.0 Å². The van der Waals surface area contributed by atoms with Gasteiger partial charge in [-0.15, -0.1) is 0 Å². The molecule has 1 aromatic carbocycles. The number of pyridine rings is 1. The van der Waals surface area contributed by atoms with E-state index in [4.69, 9.17) is 0 Å². The minimum absolute atomic E-state index is 0.155. The Balaban J connectivity index is 1.58. The fraction of sp³-hybridized carbons (Fsp3) is 0.333. The largest absolute Gasteiger partial charge is 0.356 e. The molecule has 1 aliphatic heterocycles. The molecule has 26 heavy (non-hydrogen) atoms. The number of nitriles is 1. The minimum atomic E-state index is -3.86. The van der Waals surface area contributed by atoms with Crippen molar-refractivity contribution in [1.29, 1.82) is 5.26 Å². The van der Waals surface area contributed by atoms with Gasteiger partial charge in [-0.25, -0.2) is 22.5 Å². The summed E-state index contributed by atoms with van der Waals surface area (Å²) >= 11 is 0. The highest BCUT2D eigenvalue weighted by Gasteiger charge is 2.24. The zero-order chi connectivity index (χ0) is 18.6. The zero-order valence-corrected chi connectivity index (χ0v) is 14.9. The fourth-order valence-corrected chi connectivity index (χ4v) is 4.25. The monoisotopic (exact) mass is 374 g/mol. The van der Waals surface area contributed by atoms with Crippen LogP contribution in [-0.2, 0) is 10.0 Å². The van der Waals surface area contributed by atoms with E-state index >= 15 is 0 Å². The lowest BCUT2D eigenvalue weighted by atomic mass is 9.97. The molecule has 0 radical (unpaired) electrons. The van der Waals surface area contributed by atoms with Gasteiger partial charge in [-0.2, -0.15) is 5.26 Å². The first-order chi connectivity index (χ1) is 12.5. The van der Waals surface area contributed by atoms with Crippen LogP contribution >= 0.6 is 0 Å². The number of benzene rings is 1. The van der Waals surface area contributed by atoms with Gasteiger partial charge in [0.1, 0.15) is 22.6 Å². The average Bonchev–Trinajstić information content (AvgIpc) is 2.67. The molecule has 1 aliphatic rings. The zero-order valence-electron chi connectivity index (χ0n) is 14.1. The summed E-state index contributed by atoms with van der Waals surface area (Å²) in [6, 6.07) is 10.9. The van der Waals surface area contributed by atoms with Crippen molar-refractivity contribution in [2.75, 3.05) is 24.5 Å². The van der Waals surface area contributed by atoms with Gasteiger partial charge in [0.2, 0.25) is 10.0 Å². The predicted molar refractivity (Wildman–Crippen MR) is 95.5 cm³/mol. The van der Waals surface area contributed by atoms with Crippen LogP contribution in [0, 0.1) is 23.1 Å². The van der Waals surface area contributed by atoms with E-state index in [-0.39, 0.29) is 17.4 Å². The lowest BCUT2D eigenvalue weighted by Crippen LogP contribution is -2.39. The second kappa shape index (κ2) is 7.81. The number of anilines is 1. The number of aromatic nitrogens is 1. The molecule has 0 unspecified atom stereocenters. The molecule has 8 heteroatoms. The first-order valence-electron chi connectivity index (χ1n) is 8.35. The van der Waals surface area contributed by atoms with Gasteiger partial charge in [-0.05, 0) is 43.0 Å². The van der Waals surface area contributed by atoms with Gasteiger partial charge >= 0.3 is 0 Å². The van der Waals surface area contributed by atoms with Gasteiger partial charge in [-0.1, -0.05) is 12.1 Å². The Morgan fingerprint density at radius 1 is 1.23 bits per heavy atom. The quantitative estimate of drug-likeness (QED) is 0.868. The summed E-state index contributed by atoms with van der Waals surface area (Å²) in [5.41, 5.74) is 0.534. The lowest BCUT2D eigenvalue weighted by molar-refractivity contribution is 0.400. The van der Waals surface area contributed by atoms with Crippen LogP contribution in [0.5, 0.6) is 0 Å². The molecule has 1 N–H and O–H groups in total. The molecule has 0 aliphatic carbocycles. The number of halogens is 1. The van der Waals surface area contributed by atoms with Crippen LogP contribution in [0.15, 0.2) is 47.5 Å². The summed E-state index contributed by atoms with van der Waals surface area (Å²) in [6.07, 6.45) is 3.19. The first-order valence-corrected chi connectivity index (χ1v) is 9.84. The van der Waals surface area contributed by atoms with E-state index in [9.17, 15) is 18.1 Å². The molecule has 2 aromatic rings. The number of hydrogen-bond acceptors (Lipinski definition) is 5. The molecular weight excluding hydrogens is 355 g/mol.